The Hall–Kier alpha value is -0.0400. The lowest BCUT2D eigenvalue weighted by Gasteiger charge is -2.12. The van der Waals surface area contributed by atoms with Crippen LogP contribution in [0.15, 0.2) is 0 Å². The van der Waals surface area contributed by atoms with E-state index < -0.39 is 0 Å². The lowest BCUT2D eigenvalue weighted by molar-refractivity contribution is 0.205. The molecule has 86 valence electrons. The molecule has 0 aliphatic rings. The predicted molar refractivity (Wildman–Crippen MR) is 63.5 cm³/mol. The maximum Gasteiger partial charge on any atom is 0.0459 e. The van der Waals surface area contributed by atoms with Crippen LogP contribution in [-0.2, 0) is 0 Å². The molecular formula is C13H28O. The monoisotopic (exact) mass is 200 g/mol. The summed E-state index contributed by atoms with van der Waals surface area (Å²) in [6.45, 7) is 4.86. The molecule has 1 unspecified atom stereocenters. The van der Waals surface area contributed by atoms with E-state index in [2.05, 4.69) is 13.8 Å². The van der Waals surface area contributed by atoms with Crippen LogP contribution in [0.3, 0.4) is 0 Å². The van der Waals surface area contributed by atoms with E-state index in [1.807, 2.05) is 0 Å². The SMILES string of the molecule is CCCCCCCC(CO)CCCC. The van der Waals surface area contributed by atoms with Crippen molar-refractivity contribution >= 4 is 0 Å². The Labute approximate surface area is 89.9 Å². The van der Waals surface area contributed by atoms with E-state index in [-0.39, 0.29) is 0 Å². The highest BCUT2D eigenvalue weighted by Gasteiger charge is 2.05. The van der Waals surface area contributed by atoms with Gasteiger partial charge in [-0.3, -0.25) is 0 Å². The quantitative estimate of drug-likeness (QED) is 0.525. The fourth-order valence-corrected chi connectivity index (χ4v) is 1.86. The van der Waals surface area contributed by atoms with Crippen molar-refractivity contribution in [3.8, 4) is 0 Å². The molecule has 0 amide bonds. The molecule has 0 aromatic heterocycles. The maximum absolute atomic E-state index is 9.16. The van der Waals surface area contributed by atoms with E-state index in [0.29, 0.717) is 12.5 Å². The Morgan fingerprint density at radius 2 is 1.36 bits per heavy atom. The predicted octanol–water partition coefficient (Wildman–Crippen LogP) is 4.15. The van der Waals surface area contributed by atoms with Crippen LogP contribution >= 0.6 is 0 Å². The van der Waals surface area contributed by atoms with Gasteiger partial charge >= 0.3 is 0 Å². The molecule has 0 aromatic rings. The van der Waals surface area contributed by atoms with Crippen molar-refractivity contribution in [3.05, 3.63) is 0 Å². The first-order valence-electron chi connectivity index (χ1n) is 6.46. The Balaban J connectivity index is 3.24. The Kier molecular flexibility index (Phi) is 11.0. The molecule has 1 heteroatoms. The normalized spacial score (nSPS) is 13.1. The van der Waals surface area contributed by atoms with Gasteiger partial charge in [-0.2, -0.15) is 0 Å². The highest BCUT2D eigenvalue weighted by atomic mass is 16.3. The molecule has 0 radical (unpaired) electrons. The topological polar surface area (TPSA) is 20.2 Å². The van der Waals surface area contributed by atoms with Gasteiger partial charge in [-0.1, -0.05) is 58.8 Å². The lowest BCUT2D eigenvalue weighted by Crippen LogP contribution is -2.05. The van der Waals surface area contributed by atoms with E-state index >= 15 is 0 Å². The molecule has 0 rings (SSSR count). The standard InChI is InChI=1S/C13H28O/c1-3-5-7-8-9-11-13(12-14)10-6-4-2/h13-14H,3-12H2,1-2H3. The van der Waals surface area contributed by atoms with E-state index in [4.69, 9.17) is 5.11 Å². The summed E-state index contributed by atoms with van der Waals surface area (Å²) in [6, 6.07) is 0. The van der Waals surface area contributed by atoms with Crippen LogP contribution in [-0.4, -0.2) is 11.7 Å². The van der Waals surface area contributed by atoms with Gasteiger partial charge in [0.2, 0.25) is 0 Å². The molecule has 1 N–H and O–H groups in total. The number of aliphatic hydroxyl groups is 1. The van der Waals surface area contributed by atoms with E-state index in [9.17, 15) is 0 Å². The lowest BCUT2D eigenvalue weighted by atomic mass is 9.96. The summed E-state index contributed by atoms with van der Waals surface area (Å²) < 4.78 is 0. The third-order valence-electron chi connectivity index (χ3n) is 2.94. The van der Waals surface area contributed by atoms with Crippen molar-refractivity contribution in [2.45, 2.75) is 71.6 Å². The van der Waals surface area contributed by atoms with Gasteiger partial charge in [0.1, 0.15) is 0 Å². The van der Waals surface area contributed by atoms with Crippen molar-refractivity contribution in [3.63, 3.8) is 0 Å². The average molecular weight is 200 g/mol. The van der Waals surface area contributed by atoms with Gasteiger partial charge in [-0.25, -0.2) is 0 Å². The van der Waals surface area contributed by atoms with Crippen LogP contribution in [0.1, 0.15) is 71.6 Å². The fourth-order valence-electron chi connectivity index (χ4n) is 1.86. The van der Waals surface area contributed by atoms with Gasteiger partial charge in [0, 0.05) is 6.61 Å². The zero-order valence-electron chi connectivity index (χ0n) is 10.1. The minimum absolute atomic E-state index is 0.397. The van der Waals surface area contributed by atoms with Crippen LogP contribution in [0.25, 0.3) is 0 Å². The molecule has 0 aromatic carbocycles. The smallest absolute Gasteiger partial charge is 0.0459 e. The molecule has 0 heterocycles. The van der Waals surface area contributed by atoms with Crippen LogP contribution in [0.2, 0.25) is 0 Å². The zero-order valence-corrected chi connectivity index (χ0v) is 10.1. The zero-order chi connectivity index (χ0) is 10.6. The summed E-state index contributed by atoms with van der Waals surface area (Å²) in [6.07, 6.45) is 11.7. The summed E-state index contributed by atoms with van der Waals surface area (Å²) >= 11 is 0. The molecule has 0 fully saturated rings. The molecule has 0 saturated carbocycles. The molecule has 0 aliphatic carbocycles. The fraction of sp³-hybridized carbons (Fsp3) is 1.00. The van der Waals surface area contributed by atoms with Gasteiger partial charge in [0.15, 0.2) is 0 Å². The highest BCUT2D eigenvalue weighted by molar-refractivity contribution is 4.58. The second-order valence-electron chi connectivity index (χ2n) is 4.39. The minimum Gasteiger partial charge on any atom is -0.396 e. The second kappa shape index (κ2) is 11.0. The number of rotatable bonds is 10. The summed E-state index contributed by atoms with van der Waals surface area (Å²) in [7, 11) is 0. The third kappa shape index (κ3) is 8.55. The number of hydrogen-bond acceptors (Lipinski definition) is 1. The molecule has 0 spiro atoms. The molecule has 0 saturated heterocycles. The van der Waals surface area contributed by atoms with Crippen LogP contribution in [0, 0.1) is 5.92 Å². The molecule has 0 bridgehead atoms. The van der Waals surface area contributed by atoms with Crippen LogP contribution in [0.4, 0.5) is 0 Å². The van der Waals surface area contributed by atoms with Crippen LogP contribution < -0.4 is 0 Å². The van der Waals surface area contributed by atoms with Crippen molar-refractivity contribution < 1.29 is 5.11 Å². The van der Waals surface area contributed by atoms with Crippen molar-refractivity contribution in [2.24, 2.45) is 5.92 Å². The largest absolute Gasteiger partial charge is 0.396 e. The van der Waals surface area contributed by atoms with Crippen molar-refractivity contribution in [2.75, 3.05) is 6.61 Å². The van der Waals surface area contributed by atoms with Gasteiger partial charge in [-0.05, 0) is 18.8 Å². The molecule has 1 nitrogen and oxygen atoms in total. The maximum atomic E-state index is 9.16. The number of unbranched alkanes of at least 4 members (excludes halogenated alkanes) is 5. The van der Waals surface area contributed by atoms with Crippen LogP contribution in [0.5, 0.6) is 0 Å². The molecule has 1 atom stereocenters. The van der Waals surface area contributed by atoms with Crippen molar-refractivity contribution in [1.82, 2.24) is 0 Å². The van der Waals surface area contributed by atoms with Gasteiger partial charge < -0.3 is 5.11 Å². The van der Waals surface area contributed by atoms with Gasteiger partial charge in [0.25, 0.3) is 0 Å². The highest BCUT2D eigenvalue weighted by Crippen LogP contribution is 2.16. The van der Waals surface area contributed by atoms with Crippen molar-refractivity contribution in [1.29, 1.82) is 0 Å². The molecule has 0 aliphatic heterocycles. The molecular weight excluding hydrogens is 172 g/mol. The summed E-state index contributed by atoms with van der Waals surface area (Å²) in [5, 5.41) is 9.16. The third-order valence-corrected chi connectivity index (χ3v) is 2.94. The van der Waals surface area contributed by atoms with E-state index in [1.165, 1.54) is 57.8 Å². The number of hydrogen-bond donors (Lipinski definition) is 1. The first-order valence-corrected chi connectivity index (χ1v) is 6.46. The Morgan fingerprint density at radius 1 is 0.786 bits per heavy atom. The average Bonchev–Trinajstić information content (AvgIpc) is 2.22. The van der Waals surface area contributed by atoms with Gasteiger partial charge in [0.05, 0.1) is 0 Å². The first kappa shape index (κ1) is 14.0. The summed E-state index contributed by atoms with van der Waals surface area (Å²) in [4.78, 5) is 0. The summed E-state index contributed by atoms with van der Waals surface area (Å²) in [5.74, 6) is 0.580. The minimum atomic E-state index is 0.397. The first-order chi connectivity index (χ1) is 6.85. The number of aliphatic hydroxyl groups excluding tert-OH is 1. The van der Waals surface area contributed by atoms with E-state index in [1.54, 1.807) is 0 Å². The van der Waals surface area contributed by atoms with Gasteiger partial charge in [-0.15, -0.1) is 0 Å². The van der Waals surface area contributed by atoms with E-state index in [0.717, 1.165) is 0 Å². The molecule has 14 heavy (non-hydrogen) atoms. The second-order valence-corrected chi connectivity index (χ2v) is 4.39. The Morgan fingerprint density at radius 3 is 1.93 bits per heavy atom. The Bertz CT molecular complexity index is 101. The summed E-state index contributed by atoms with van der Waals surface area (Å²) in [5.41, 5.74) is 0.